The van der Waals surface area contributed by atoms with Gasteiger partial charge in [0.05, 0.1) is 13.7 Å². The van der Waals surface area contributed by atoms with Crippen LogP contribution in [0.15, 0.2) is 24.3 Å². The molecule has 1 amide bonds. The molecule has 6 nitrogen and oxygen atoms in total. The zero-order valence-corrected chi connectivity index (χ0v) is 15.8. The van der Waals surface area contributed by atoms with Crippen molar-refractivity contribution in [3.8, 4) is 11.5 Å². The first-order valence-corrected chi connectivity index (χ1v) is 9.28. The van der Waals surface area contributed by atoms with Gasteiger partial charge in [0.1, 0.15) is 5.01 Å². The van der Waals surface area contributed by atoms with E-state index in [-0.39, 0.29) is 5.91 Å². The minimum atomic E-state index is -0.260. The van der Waals surface area contributed by atoms with Crippen molar-refractivity contribution in [1.82, 2.24) is 10.2 Å². The average molecular weight is 412 g/mol. The van der Waals surface area contributed by atoms with E-state index in [2.05, 4.69) is 31.4 Å². The summed E-state index contributed by atoms with van der Waals surface area (Å²) in [5, 5.41) is 12.8. The van der Waals surface area contributed by atoms with Crippen LogP contribution in [0.25, 0.3) is 6.08 Å². The number of alkyl halides is 1. The Morgan fingerprint density at radius 3 is 2.92 bits per heavy atom. The summed E-state index contributed by atoms with van der Waals surface area (Å²) >= 11 is 4.71. The highest BCUT2D eigenvalue weighted by molar-refractivity contribution is 9.09. The number of rotatable bonds is 8. The SMILES string of the molecule is CCOc1ccc(/C=C/C(=O)Nc2nnc(CCBr)s2)cc1OC. The van der Waals surface area contributed by atoms with E-state index in [9.17, 15) is 4.79 Å². The Labute approximate surface area is 153 Å². The van der Waals surface area contributed by atoms with E-state index in [0.717, 1.165) is 22.3 Å². The van der Waals surface area contributed by atoms with Crippen LogP contribution in [0.4, 0.5) is 5.13 Å². The molecule has 2 aromatic rings. The van der Waals surface area contributed by atoms with Crippen LogP contribution in [-0.4, -0.2) is 35.2 Å². The third-order valence-electron chi connectivity index (χ3n) is 2.92. The van der Waals surface area contributed by atoms with Gasteiger partial charge in [-0.1, -0.05) is 33.3 Å². The highest BCUT2D eigenvalue weighted by Gasteiger charge is 2.07. The maximum Gasteiger partial charge on any atom is 0.250 e. The van der Waals surface area contributed by atoms with Gasteiger partial charge in [-0.2, -0.15) is 0 Å². The number of amides is 1. The molecule has 0 aliphatic carbocycles. The Morgan fingerprint density at radius 2 is 2.21 bits per heavy atom. The number of aromatic nitrogens is 2. The lowest BCUT2D eigenvalue weighted by Crippen LogP contribution is -2.07. The lowest BCUT2D eigenvalue weighted by molar-refractivity contribution is -0.111. The van der Waals surface area contributed by atoms with Crippen LogP contribution in [0.3, 0.4) is 0 Å². The monoisotopic (exact) mass is 411 g/mol. The molecule has 24 heavy (non-hydrogen) atoms. The smallest absolute Gasteiger partial charge is 0.250 e. The molecule has 0 radical (unpaired) electrons. The zero-order chi connectivity index (χ0) is 17.4. The van der Waals surface area contributed by atoms with Gasteiger partial charge in [0.25, 0.3) is 0 Å². The fourth-order valence-corrected chi connectivity index (χ4v) is 3.25. The second-order valence-corrected chi connectivity index (χ2v) is 6.46. The first-order valence-electron chi connectivity index (χ1n) is 7.34. The molecular weight excluding hydrogens is 394 g/mol. The van der Waals surface area contributed by atoms with Gasteiger partial charge < -0.3 is 9.47 Å². The minimum Gasteiger partial charge on any atom is -0.493 e. The predicted molar refractivity (Wildman–Crippen MR) is 99.2 cm³/mol. The van der Waals surface area contributed by atoms with Crippen molar-refractivity contribution < 1.29 is 14.3 Å². The van der Waals surface area contributed by atoms with E-state index in [1.807, 2.05) is 25.1 Å². The summed E-state index contributed by atoms with van der Waals surface area (Å²) in [6.45, 7) is 2.47. The second-order valence-electron chi connectivity index (χ2n) is 4.61. The third kappa shape index (κ3) is 5.31. The highest BCUT2D eigenvalue weighted by atomic mass is 79.9. The van der Waals surface area contributed by atoms with E-state index < -0.39 is 0 Å². The molecule has 0 spiro atoms. The maximum absolute atomic E-state index is 12.0. The van der Waals surface area contributed by atoms with Crippen molar-refractivity contribution in [2.24, 2.45) is 0 Å². The Hall–Kier alpha value is -1.93. The van der Waals surface area contributed by atoms with Gasteiger partial charge in [-0.3, -0.25) is 10.1 Å². The second kappa shape index (κ2) is 9.39. The fraction of sp³-hybridized carbons (Fsp3) is 0.312. The molecule has 1 heterocycles. The third-order valence-corrected chi connectivity index (χ3v) is 4.21. The number of hydrogen-bond donors (Lipinski definition) is 1. The summed E-state index contributed by atoms with van der Waals surface area (Å²) in [5.41, 5.74) is 0.836. The highest BCUT2D eigenvalue weighted by Crippen LogP contribution is 2.28. The molecule has 1 aromatic heterocycles. The molecule has 0 saturated heterocycles. The number of carbonyl (C=O) groups excluding carboxylic acids is 1. The Morgan fingerprint density at radius 1 is 1.38 bits per heavy atom. The van der Waals surface area contributed by atoms with Gasteiger partial charge in [-0.05, 0) is 30.7 Å². The Balaban J connectivity index is 1.99. The van der Waals surface area contributed by atoms with Gasteiger partial charge >= 0.3 is 0 Å². The van der Waals surface area contributed by atoms with E-state index >= 15 is 0 Å². The number of carbonyl (C=O) groups is 1. The van der Waals surface area contributed by atoms with Crippen LogP contribution in [0.5, 0.6) is 11.5 Å². The van der Waals surface area contributed by atoms with E-state index in [1.165, 1.54) is 17.4 Å². The minimum absolute atomic E-state index is 0.260. The van der Waals surface area contributed by atoms with Crippen LogP contribution in [0, 0.1) is 0 Å². The summed E-state index contributed by atoms with van der Waals surface area (Å²) in [6.07, 6.45) is 3.93. The van der Waals surface area contributed by atoms with Crippen LogP contribution < -0.4 is 14.8 Å². The molecule has 0 bridgehead atoms. The number of ether oxygens (including phenoxy) is 2. The summed E-state index contributed by atoms with van der Waals surface area (Å²) in [5.74, 6) is 1.04. The first-order chi connectivity index (χ1) is 11.7. The van der Waals surface area contributed by atoms with Gasteiger partial charge in [-0.25, -0.2) is 0 Å². The van der Waals surface area contributed by atoms with Gasteiger partial charge in [-0.15, -0.1) is 10.2 Å². The lowest BCUT2D eigenvalue weighted by Gasteiger charge is -2.09. The van der Waals surface area contributed by atoms with Crippen LogP contribution in [0.1, 0.15) is 17.5 Å². The molecule has 1 N–H and O–H groups in total. The first kappa shape index (κ1) is 18.4. The van der Waals surface area contributed by atoms with Crippen LogP contribution in [0.2, 0.25) is 0 Å². The molecule has 2 rings (SSSR count). The maximum atomic E-state index is 12.0. The molecule has 0 fully saturated rings. The van der Waals surface area contributed by atoms with Crippen LogP contribution >= 0.6 is 27.3 Å². The number of nitrogens with zero attached hydrogens (tertiary/aromatic N) is 2. The number of aryl methyl sites for hydroxylation is 1. The number of benzene rings is 1. The molecular formula is C16H18BrN3O3S. The summed E-state index contributed by atoms with van der Waals surface area (Å²) < 4.78 is 10.8. The summed E-state index contributed by atoms with van der Waals surface area (Å²) in [7, 11) is 1.58. The molecule has 0 aliphatic rings. The number of anilines is 1. The van der Waals surface area contributed by atoms with Crippen molar-refractivity contribution in [1.29, 1.82) is 0 Å². The van der Waals surface area contributed by atoms with Crippen molar-refractivity contribution in [3.05, 3.63) is 34.8 Å². The molecule has 0 atom stereocenters. The number of hydrogen-bond acceptors (Lipinski definition) is 6. The molecule has 0 saturated carbocycles. The largest absolute Gasteiger partial charge is 0.493 e. The normalized spacial score (nSPS) is 10.8. The molecule has 0 aliphatic heterocycles. The van der Waals surface area contributed by atoms with Crippen molar-refractivity contribution >= 4 is 44.4 Å². The van der Waals surface area contributed by atoms with E-state index in [4.69, 9.17) is 9.47 Å². The number of halogens is 1. The topological polar surface area (TPSA) is 73.3 Å². The van der Waals surface area contributed by atoms with Crippen molar-refractivity contribution in [2.45, 2.75) is 13.3 Å². The Bertz CT molecular complexity index is 718. The molecule has 128 valence electrons. The van der Waals surface area contributed by atoms with Crippen molar-refractivity contribution in [2.75, 3.05) is 24.4 Å². The standard InChI is InChI=1S/C16H18BrN3O3S/c1-3-23-12-6-4-11(10-13(12)22-2)5-7-14(21)18-16-20-19-15(24-16)8-9-17/h4-7,10H,3,8-9H2,1-2H3,(H,18,20,21)/b7-5+. The van der Waals surface area contributed by atoms with E-state index in [1.54, 1.807) is 13.2 Å². The molecule has 8 heteroatoms. The molecule has 0 unspecified atom stereocenters. The fourth-order valence-electron chi connectivity index (χ4n) is 1.87. The van der Waals surface area contributed by atoms with Gasteiger partial charge in [0.2, 0.25) is 11.0 Å². The van der Waals surface area contributed by atoms with E-state index in [0.29, 0.717) is 23.2 Å². The lowest BCUT2D eigenvalue weighted by atomic mass is 10.2. The quantitative estimate of drug-likeness (QED) is 0.531. The summed E-state index contributed by atoms with van der Waals surface area (Å²) in [4.78, 5) is 12.0. The molecule has 1 aromatic carbocycles. The van der Waals surface area contributed by atoms with Gasteiger partial charge in [0.15, 0.2) is 11.5 Å². The summed E-state index contributed by atoms with van der Waals surface area (Å²) in [6, 6.07) is 5.49. The van der Waals surface area contributed by atoms with Gasteiger partial charge in [0, 0.05) is 17.8 Å². The average Bonchev–Trinajstić information content (AvgIpc) is 3.01. The predicted octanol–water partition coefficient (Wildman–Crippen LogP) is 3.53. The number of methoxy groups -OCH3 is 1. The van der Waals surface area contributed by atoms with Crippen molar-refractivity contribution in [3.63, 3.8) is 0 Å². The number of nitrogens with one attached hydrogen (secondary N) is 1. The van der Waals surface area contributed by atoms with Crippen LogP contribution in [-0.2, 0) is 11.2 Å². The Kier molecular flexibility index (Phi) is 7.20. The zero-order valence-electron chi connectivity index (χ0n) is 13.4.